The van der Waals surface area contributed by atoms with Gasteiger partial charge >= 0.3 is 0 Å². The molecule has 164 valence electrons. The van der Waals surface area contributed by atoms with Crippen molar-refractivity contribution in [1.82, 2.24) is 9.88 Å². The lowest BCUT2D eigenvalue weighted by Crippen LogP contribution is -2.35. The monoisotopic (exact) mass is 449 g/mol. The Labute approximate surface area is 189 Å². The van der Waals surface area contributed by atoms with E-state index in [0.717, 1.165) is 55.1 Å². The van der Waals surface area contributed by atoms with Crippen molar-refractivity contribution in [3.63, 3.8) is 0 Å². The van der Waals surface area contributed by atoms with Crippen molar-refractivity contribution in [3.05, 3.63) is 77.2 Å². The van der Waals surface area contributed by atoms with Gasteiger partial charge in [-0.25, -0.2) is 4.98 Å². The number of anilines is 1. The average molecular weight is 450 g/mol. The molecule has 3 heterocycles. The number of morpholine rings is 1. The molecule has 1 amide bonds. The summed E-state index contributed by atoms with van der Waals surface area (Å²) in [6.45, 7) is 4.29. The summed E-state index contributed by atoms with van der Waals surface area (Å²) in [5.41, 5.74) is 0.941. The first-order chi connectivity index (χ1) is 15.7. The van der Waals surface area contributed by atoms with Gasteiger partial charge in [0.2, 0.25) is 0 Å². The van der Waals surface area contributed by atoms with Crippen LogP contribution < -0.4 is 10.1 Å². The molecule has 1 aliphatic rings. The summed E-state index contributed by atoms with van der Waals surface area (Å²) in [6.07, 6.45) is 0. The zero-order valence-corrected chi connectivity index (χ0v) is 18.3. The highest BCUT2D eigenvalue weighted by Gasteiger charge is 2.16. The molecule has 0 bridgehead atoms. The molecule has 7 nitrogen and oxygen atoms in total. The average Bonchev–Trinajstić information content (AvgIpc) is 3.48. The number of benzene rings is 2. The van der Waals surface area contributed by atoms with Crippen LogP contribution >= 0.6 is 11.3 Å². The fourth-order valence-electron chi connectivity index (χ4n) is 3.57. The molecule has 0 saturated carbocycles. The van der Waals surface area contributed by atoms with E-state index in [1.54, 1.807) is 12.1 Å². The van der Waals surface area contributed by atoms with Gasteiger partial charge in [-0.1, -0.05) is 30.3 Å². The third-order valence-corrected chi connectivity index (χ3v) is 6.06. The molecule has 0 atom stereocenters. The third kappa shape index (κ3) is 4.99. The SMILES string of the molecule is O=C(Nc1nc(CN2CCOCC2)cs1)c1ccc(COc2ccc3ccccc3c2)o1. The highest BCUT2D eigenvalue weighted by atomic mass is 32.1. The van der Waals surface area contributed by atoms with Crippen molar-refractivity contribution in [1.29, 1.82) is 0 Å². The summed E-state index contributed by atoms with van der Waals surface area (Å²) < 4.78 is 16.9. The minimum atomic E-state index is -0.325. The molecule has 0 unspecified atom stereocenters. The van der Waals surface area contributed by atoms with Gasteiger partial charge in [0, 0.05) is 25.0 Å². The van der Waals surface area contributed by atoms with Crippen LogP contribution in [0.25, 0.3) is 10.8 Å². The van der Waals surface area contributed by atoms with Crippen LogP contribution in [-0.4, -0.2) is 42.1 Å². The summed E-state index contributed by atoms with van der Waals surface area (Å²) in [5, 5.41) is 7.61. The molecule has 1 aliphatic heterocycles. The van der Waals surface area contributed by atoms with E-state index < -0.39 is 0 Å². The van der Waals surface area contributed by atoms with Gasteiger partial charge in [0.05, 0.1) is 18.9 Å². The van der Waals surface area contributed by atoms with Crippen LogP contribution in [0, 0.1) is 0 Å². The first kappa shape index (κ1) is 20.7. The van der Waals surface area contributed by atoms with Crippen LogP contribution in [0.5, 0.6) is 5.75 Å². The molecule has 2 aromatic heterocycles. The molecule has 1 N–H and O–H groups in total. The highest BCUT2D eigenvalue weighted by molar-refractivity contribution is 7.13. The zero-order valence-electron chi connectivity index (χ0n) is 17.5. The van der Waals surface area contributed by atoms with Crippen molar-refractivity contribution in [2.24, 2.45) is 0 Å². The van der Waals surface area contributed by atoms with Gasteiger partial charge in [0.1, 0.15) is 18.1 Å². The second-order valence-corrected chi connectivity index (χ2v) is 8.41. The minimum Gasteiger partial charge on any atom is -0.486 e. The minimum absolute atomic E-state index is 0.229. The van der Waals surface area contributed by atoms with Gasteiger partial charge in [0.15, 0.2) is 10.9 Å². The van der Waals surface area contributed by atoms with Gasteiger partial charge in [-0.3, -0.25) is 15.0 Å². The van der Waals surface area contributed by atoms with Crippen LogP contribution in [0.1, 0.15) is 22.0 Å². The highest BCUT2D eigenvalue weighted by Crippen LogP contribution is 2.22. The van der Waals surface area contributed by atoms with Crippen LogP contribution in [0.3, 0.4) is 0 Å². The lowest BCUT2D eigenvalue weighted by atomic mass is 10.1. The van der Waals surface area contributed by atoms with E-state index in [1.807, 2.05) is 41.8 Å². The van der Waals surface area contributed by atoms with Crippen molar-refractivity contribution >= 4 is 33.1 Å². The molecule has 0 spiro atoms. The topological polar surface area (TPSA) is 76.8 Å². The smallest absolute Gasteiger partial charge is 0.293 e. The molecule has 32 heavy (non-hydrogen) atoms. The number of carbonyl (C=O) groups is 1. The Balaban J connectivity index is 1.15. The van der Waals surface area contributed by atoms with Gasteiger partial charge in [-0.2, -0.15) is 0 Å². The number of carbonyl (C=O) groups excluding carboxylic acids is 1. The predicted molar refractivity (Wildman–Crippen MR) is 123 cm³/mol. The number of aromatic nitrogens is 1. The molecule has 1 fully saturated rings. The Hall–Kier alpha value is -3.20. The standard InChI is InChI=1S/C24H23N3O4S/c28-23(26-24-25-19(16-32-24)14-27-9-11-29-12-10-27)22-8-7-21(31-22)15-30-20-6-5-17-3-1-2-4-18(17)13-20/h1-8,13,16H,9-12,14-15H2,(H,25,26,28). The van der Waals surface area contributed by atoms with Gasteiger partial charge in [-0.05, 0) is 35.0 Å². The fraction of sp³-hybridized carbons (Fsp3) is 0.250. The molecule has 1 saturated heterocycles. The first-order valence-electron chi connectivity index (χ1n) is 10.5. The fourth-order valence-corrected chi connectivity index (χ4v) is 4.27. The Morgan fingerprint density at radius 3 is 2.81 bits per heavy atom. The number of nitrogens with one attached hydrogen (secondary N) is 1. The predicted octanol–water partition coefficient (Wildman–Crippen LogP) is 4.55. The van der Waals surface area contributed by atoms with E-state index in [9.17, 15) is 4.79 Å². The quantitative estimate of drug-likeness (QED) is 0.446. The first-order valence-corrected chi connectivity index (χ1v) is 11.4. The number of thiazole rings is 1. The summed E-state index contributed by atoms with van der Waals surface area (Å²) in [7, 11) is 0. The largest absolute Gasteiger partial charge is 0.486 e. The van der Waals surface area contributed by atoms with E-state index in [2.05, 4.69) is 21.3 Å². The van der Waals surface area contributed by atoms with Crippen molar-refractivity contribution in [3.8, 4) is 5.75 Å². The maximum atomic E-state index is 12.5. The molecule has 2 aromatic carbocycles. The maximum Gasteiger partial charge on any atom is 0.293 e. The third-order valence-electron chi connectivity index (χ3n) is 5.25. The molecular formula is C24H23N3O4S. The number of amides is 1. The van der Waals surface area contributed by atoms with E-state index in [0.29, 0.717) is 10.9 Å². The van der Waals surface area contributed by atoms with Crippen LogP contribution in [0.2, 0.25) is 0 Å². The summed E-state index contributed by atoms with van der Waals surface area (Å²) in [5.74, 6) is 1.23. The zero-order chi connectivity index (χ0) is 21.8. The normalized spacial score (nSPS) is 14.5. The van der Waals surface area contributed by atoms with Crippen LogP contribution in [-0.2, 0) is 17.9 Å². The Bertz CT molecular complexity index is 1210. The molecule has 8 heteroatoms. The number of furan rings is 1. The van der Waals surface area contributed by atoms with E-state index >= 15 is 0 Å². The molecule has 0 aliphatic carbocycles. The summed E-state index contributed by atoms with van der Waals surface area (Å²) >= 11 is 1.41. The molecular weight excluding hydrogens is 426 g/mol. The second-order valence-electron chi connectivity index (χ2n) is 7.55. The summed E-state index contributed by atoms with van der Waals surface area (Å²) in [4.78, 5) is 19.3. The molecule has 5 rings (SSSR count). The Morgan fingerprint density at radius 1 is 1.09 bits per heavy atom. The van der Waals surface area contributed by atoms with E-state index in [1.165, 1.54) is 11.3 Å². The number of fused-ring (bicyclic) bond motifs is 1. The second kappa shape index (κ2) is 9.52. The maximum absolute atomic E-state index is 12.5. The lowest BCUT2D eigenvalue weighted by molar-refractivity contribution is 0.0337. The van der Waals surface area contributed by atoms with Crippen molar-refractivity contribution < 1.29 is 18.7 Å². The number of hydrogen-bond acceptors (Lipinski definition) is 7. The van der Waals surface area contributed by atoms with Crippen LogP contribution in [0.15, 0.2) is 64.4 Å². The van der Waals surface area contributed by atoms with E-state index in [4.69, 9.17) is 13.9 Å². The van der Waals surface area contributed by atoms with Gasteiger partial charge in [0.25, 0.3) is 5.91 Å². The number of ether oxygens (including phenoxy) is 2. The van der Waals surface area contributed by atoms with Crippen molar-refractivity contribution in [2.45, 2.75) is 13.2 Å². The van der Waals surface area contributed by atoms with Gasteiger partial charge < -0.3 is 13.9 Å². The number of rotatable bonds is 7. The van der Waals surface area contributed by atoms with Crippen LogP contribution in [0.4, 0.5) is 5.13 Å². The molecule has 0 radical (unpaired) electrons. The summed E-state index contributed by atoms with van der Waals surface area (Å²) in [6, 6.07) is 17.4. The number of nitrogens with zero attached hydrogens (tertiary/aromatic N) is 2. The van der Waals surface area contributed by atoms with E-state index in [-0.39, 0.29) is 18.3 Å². The lowest BCUT2D eigenvalue weighted by Gasteiger charge is -2.25. The number of hydrogen-bond donors (Lipinski definition) is 1. The van der Waals surface area contributed by atoms with Crippen molar-refractivity contribution in [2.75, 3.05) is 31.6 Å². The van der Waals surface area contributed by atoms with Gasteiger partial charge in [-0.15, -0.1) is 11.3 Å². The Kier molecular flexibility index (Phi) is 6.15. The Morgan fingerprint density at radius 2 is 1.94 bits per heavy atom. The molecule has 4 aromatic rings.